The third kappa shape index (κ3) is 3.22. The van der Waals surface area contributed by atoms with Crippen molar-refractivity contribution in [2.75, 3.05) is 6.61 Å². The summed E-state index contributed by atoms with van der Waals surface area (Å²) in [6.45, 7) is 12.4. The molecule has 1 saturated carbocycles. The number of amides is 1. The van der Waals surface area contributed by atoms with Gasteiger partial charge < -0.3 is 9.47 Å². The van der Waals surface area contributed by atoms with Gasteiger partial charge in [0.05, 0.1) is 12.6 Å². The molecule has 0 N–H and O–H groups in total. The van der Waals surface area contributed by atoms with E-state index in [1.54, 1.807) is 4.90 Å². The molecular formula is C15H27NO3. The summed E-state index contributed by atoms with van der Waals surface area (Å²) in [6.07, 6.45) is 2.30. The highest BCUT2D eigenvalue weighted by Crippen LogP contribution is 2.43. The van der Waals surface area contributed by atoms with Crippen molar-refractivity contribution < 1.29 is 14.3 Å². The second-order valence-corrected chi connectivity index (χ2v) is 7.37. The quantitative estimate of drug-likeness (QED) is 0.771. The number of hydrogen-bond acceptors (Lipinski definition) is 3. The predicted octanol–water partition coefficient (Wildman–Crippen LogP) is 3.40. The first-order valence-corrected chi connectivity index (χ1v) is 7.28. The summed E-state index contributed by atoms with van der Waals surface area (Å²) in [5, 5.41) is 0. The third-order valence-electron chi connectivity index (χ3n) is 4.08. The largest absolute Gasteiger partial charge is 0.444 e. The molecule has 0 radical (unpaired) electrons. The van der Waals surface area contributed by atoms with Crippen LogP contribution in [-0.4, -0.2) is 35.0 Å². The molecule has 4 nitrogen and oxygen atoms in total. The fourth-order valence-electron chi connectivity index (χ4n) is 2.82. The first-order valence-electron chi connectivity index (χ1n) is 7.28. The second-order valence-electron chi connectivity index (χ2n) is 7.37. The number of rotatable bonds is 2. The summed E-state index contributed by atoms with van der Waals surface area (Å²) < 4.78 is 11.4. The van der Waals surface area contributed by atoms with Crippen LogP contribution >= 0.6 is 0 Å². The average Bonchev–Trinajstić information content (AvgIpc) is 2.99. The minimum Gasteiger partial charge on any atom is -0.444 e. The van der Waals surface area contributed by atoms with E-state index in [0.717, 1.165) is 5.92 Å². The summed E-state index contributed by atoms with van der Waals surface area (Å²) in [7, 11) is 0. The topological polar surface area (TPSA) is 38.8 Å². The van der Waals surface area contributed by atoms with Gasteiger partial charge in [-0.05, 0) is 59.3 Å². The molecule has 0 unspecified atom stereocenters. The number of ether oxygens (including phenoxy) is 2. The Hall–Kier alpha value is -0.770. The van der Waals surface area contributed by atoms with Crippen LogP contribution in [0.25, 0.3) is 0 Å². The van der Waals surface area contributed by atoms with E-state index >= 15 is 0 Å². The molecule has 0 spiro atoms. The zero-order valence-electron chi connectivity index (χ0n) is 13.0. The highest BCUT2D eigenvalue weighted by Gasteiger charge is 2.50. The van der Waals surface area contributed by atoms with E-state index < -0.39 is 11.3 Å². The molecule has 0 aromatic rings. The van der Waals surface area contributed by atoms with Gasteiger partial charge in [0, 0.05) is 0 Å². The maximum Gasteiger partial charge on any atom is 0.412 e. The van der Waals surface area contributed by atoms with Crippen molar-refractivity contribution in [1.82, 2.24) is 4.90 Å². The van der Waals surface area contributed by atoms with Crippen LogP contribution in [-0.2, 0) is 9.47 Å². The van der Waals surface area contributed by atoms with Crippen molar-refractivity contribution in [3.8, 4) is 0 Å². The fraction of sp³-hybridized carbons (Fsp3) is 0.933. The van der Waals surface area contributed by atoms with Crippen LogP contribution in [0.2, 0.25) is 0 Å². The number of hydrogen-bond donors (Lipinski definition) is 0. The molecular weight excluding hydrogens is 242 g/mol. The van der Waals surface area contributed by atoms with Gasteiger partial charge in [0.2, 0.25) is 0 Å². The van der Waals surface area contributed by atoms with Crippen molar-refractivity contribution in [2.24, 2.45) is 11.8 Å². The summed E-state index contributed by atoms with van der Waals surface area (Å²) in [5.74, 6) is 1.22. The van der Waals surface area contributed by atoms with Gasteiger partial charge in [-0.2, -0.15) is 0 Å². The van der Waals surface area contributed by atoms with E-state index in [0.29, 0.717) is 12.5 Å². The lowest BCUT2D eigenvalue weighted by molar-refractivity contribution is -0.0645. The maximum absolute atomic E-state index is 12.5. The Morgan fingerprint density at radius 2 is 1.95 bits per heavy atom. The SMILES string of the molecule is C[C@@H](C1CC1)[C@H]1COC(C)(C)N1C(=O)OC(C)(C)C. The smallest absolute Gasteiger partial charge is 0.412 e. The van der Waals surface area contributed by atoms with Crippen LogP contribution in [0, 0.1) is 11.8 Å². The first kappa shape index (κ1) is 14.6. The Balaban J connectivity index is 2.13. The molecule has 110 valence electrons. The summed E-state index contributed by atoms with van der Waals surface area (Å²) in [4.78, 5) is 14.3. The standard InChI is InChI=1S/C15H27NO3/c1-10(11-7-8-11)12-9-18-15(5,6)16(12)13(17)19-14(2,3)4/h10-12H,7-9H2,1-6H3/t10-,12+/m0/s1. The Morgan fingerprint density at radius 1 is 1.37 bits per heavy atom. The van der Waals surface area contributed by atoms with Crippen LogP contribution in [0.3, 0.4) is 0 Å². The van der Waals surface area contributed by atoms with Gasteiger partial charge in [0.15, 0.2) is 0 Å². The molecule has 1 aliphatic heterocycles. The normalized spacial score (nSPS) is 28.3. The van der Waals surface area contributed by atoms with E-state index in [-0.39, 0.29) is 12.1 Å². The van der Waals surface area contributed by atoms with Gasteiger partial charge in [0.25, 0.3) is 0 Å². The van der Waals surface area contributed by atoms with E-state index in [4.69, 9.17) is 9.47 Å². The minimum absolute atomic E-state index is 0.136. The highest BCUT2D eigenvalue weighted by molar-refractivity contribution is 5.69. The zero-order valence-corrected chi connectivity index (χ0v) is 13.0. The second kappa shape index (κ2) is 4.65. The van der Waals surface area contributed by atoms with Crippen molar-refractivity contribution in [3.05, 3.63) is 0 Å². The van der Waals surface area contributed by atoms with Crippen LogP contribution in [0.15, 0.2) is 0 Å². The van der Waals surface area contributed by atoms with E-state index in [9.17, 15) is 4.79 Å². The number of carbonyl (C=O) groups excluding carboxylic acids is 1. The summed E-state index contributed by atoms with van der Waals surface area (Å²) in [5.41, 5.74) is -1.04. The molecule has 19 heavy (non-hydrogen) atoms. The van der Waals surface area contributed by atoms with Gasteiger partial charge in [-0.3, -0.25) is 4.90 Å². The molecule has 2 fully saturated rings. The van der Waals surface area contributed by atoms with Crippen molar-refractivity contribution >= 4 is 6.09 Å². The van der Waals surface area contributed by atoms with Gasteiger partial charge in [-0.1, -0.05) is 6.92 Å². The fourth-order valence-corrected chi connectivity index (χ4v) is 2.82. The molecule has 0 bridgehead atoms. The first-order chi connectivity index (χ1) is 8.62. The molecule has 2 atom stereocenters. The molecule has 2 rings (SSSR count). The lowest BCUT2D eigenvalue weighted by atomic mass is 9.96. The zero-order chi connectivity index (χ0) is 14.4. The van der Waals surface area contributed by atoms with Crippen LogP contribution in [0.1, 0.15) is 54.4 Å². The summed E-state index contributed by atoms with van der Waals surface area (Å²) >= 11 is 0. The van der Waals surface area contributed by atoms with Gasteiger partial charge in [-0.25, -0.2) is 4.79 Å². The van der Waals surface area contributed by atoms with Crippen LogP contribution < -0.4 is 0 Å². The molecule has 4 heteroatoms. The Morgan fingerprint density at radius 3 is 2.42 bits per heavy atom. The Kier molecular flexibility index (Phi) is 3.58. The number of nitrogens with zero attached hydrogens (tertiary/aromatic N) is 1. The predicted molar refractivity (Wildman–Crippen MR) is 73.8 cm³/mol. The van der Waals surface area contributed by atoms with E-state index in [2.05, 4.69) is 6.92 Å². The van der Waals surface area contributed by atoms with Gasteiger partial charge in [0.1, 0.15) is 11.3 Å². The van der Waals surface area contributed by atoms with Gasteiger partial charge in [-0.15, -0.1) is 0 Å². The lowest BCUT2D eigenvalue weighted by Crippen LogP contribution is -2.51. The monoisotopic (exact) mass is 269 g/mol. The summed E-state index contributed by atoms with van der Waals surface area (Å²) in [6, 6.07) is 0.136. The van der Waals surface area contributed by atoms with Crippen LogP contribution in [0.4, 0.5) is 4.79 Å². The van der Waals surface area contributed by atoms with Crippen LogP contribution in [0.5, 0.6) is 0 Å². The van der Waals surface area contributed by atoms with E-state index in [1.807, 2.05) is 34.6 Å². The Bertz CT molecular complexity index is 355. The molecule has 1 amide bonds. The third-order valence-corrected chi connectivity index (χ3v) is 4.08. The maximum atomic E-state index is 12.5. The van der Waals surface area contributed by atoms with Crippen molar-refractivity contribution in [3.63, 3.8) is 0 Å². The molecule has 1 aliphatic carbocycles. The minimum atomic E-state index is -0.573. The molecule has 1 saturated heterocycles. The molecule has 0 aromatic heterocycles. The van der Waals surface area contributed by atoms with Crippen molar-refractivity contribution in [1.29, 1.82) is 0 Å². The van der Waals surface area contributed by atoms with Crippen molar-refractivity contribution in [2.45, 2.75) is 71.8 Å². The average molecular weight is 269 g/mol. The molecule has 0 aromatic carbocycles. The highest BCUT2D eigenvalue weighted by atomic mass is 16.6. The lowest BCUT2D eigenvalue weighted by Gasteiger charge is -2.37. The Labute approximate surface area is 116 Å². The van der Waals surface area contributed by atoms with E-state index in [1.165, 1.54) is 12.8 Å². The molecule has 2 aliphatic rings. The molecule has 1 heterocycles. The van der Waals surface area contributed by atoms with Gasteiger partial charge >= 0.3 is 6.09 Å². The number of carbonyl (C=O) groups is 1.